The van der Waals surface area contributed by atoms with Crippen LogP contribution in [0.15, 0.2) is 18.2 Å². The normalized spacial score (nSPS) is 11.0. The highest BCUT2D eigenvalue weighted by molar-refractivity contribution is 5.95. The molecule has 0 radical (unpaired) electrons. The lowest BCUT2D eigenvalue weighted by Gasteiger charge is -2.13. The number of carboxylic acid groups (broad SMARTS) is 1. The number of aliphatic carboxylic acids is 1. The number of nitrogens with one attached hydrogen (secondary N) is 2. The fourth-order valence-corrected chi connectivity index (χ4v) is 1.60. The summed E-state index contributed by atoms with van der Waals surface area (Å²) >= 11 is 0. The smallest absolute Gasteiger partial charge is 0.327 e. The van der Waals surface area contributed by atoms with Gasteiger partial charge in [-0.2, -0.15) is 0 Å². The molecule has 21 heavy (non-hydrogen) atoms. The van der Waals surface area contributed by atoms with Crippen molar-refractivity contribution in [3.8, 4) is 12.3 Å². The second kappa shape index (κ2) is 6.91. The van der Waals surface area contributed by atoms with E-state index in [-0.39, 0.29) is 17.7 Å². The molecule has 1 aromatic rings. The van der Waals surface area contributed by atoms with Gasteiger partial charge in [0.05, 0.1) is 4.92 Å². The van der Waals surface area contributed by atoms with E-state index >= 15 is 0 Å². The molecule has 0 aromatic heterocycles. The van der Waals surface area contributed by atoms with Gasteiger partial charge in [-0.05, 0) is 12.1 Å². The van der Waals surface area contributed by atoms with Crippen molar-refractivity contribution in [1.29, 1.82) is 0 Å². The summed E-state index contributed by atoms with van der Waals surface area (Å²) in [5, 5.41) is 24.9. The zero-order valence-electron chi connectivity index (χ0n) is 11.1. The number of carboxylic acids is 1. The molecule has 0 saturated carbocycles. The second-order valence-electron chi connectivity index (χ2n) is 4.01. The molecule has 0 aliphatic carbocycles. The summed E-state index contributed by atoms with van der Waals surface area (Å²) < 4.78 is 0. The third kappa shape index (κ3) is 3.94. The highest BCUT2D eigenvalue weighted by Crippen LogP contribution is 2.26. The first-order valence-electron chi connectivity index (χ1n) is 5.84. The molecule has 1 rings (SSSR count). The molecule has 0 fully saturated rings. The fourth-order valence-electron chi connectivity index (χ4n) is 1.60. The second-order valence-corrected chi connectivity index (χ2v) is 4.01. The SMILES string of the molecule is C#CCC(Nc1ccc(C(=O)NC)cc1[N+](=O)[O-])C(=O)O. The monoisotopic (exact) mass is 291 g/mol. The highest BCUT2D eigenvalue weighted by atomic mass is 16.6. The fraction of sp³-hybridized carbons (Fsp3) is 0.231. The summed E-state index contributed by atoms with van der Waals surface area (Å²) in [6.07, 6.45) is 4.93. The van der Waals surface area contributed by atoms with E-state index in [1.165, 1.54) is 19.2 Å². The quantitative estimate of drug-likeness (QED) is 0.405. The van der Waals surface area contributed by atoms with Gasteiger partial charge in [0.15, 0.2) is 0 Å². The Bertz CT molecular complexity index is 621. The Kier molecular flexibility index (Phi) is 5.25. The Morgan fingerprint density at radius 3 is 2.67 bits per heavy atom. The van der Waals surface area contributed by atoms with Crippen LogP contribution in [0.3, 0.4) is 0 Å². The van der Waals surface area contributed by atoms with Crippen LogP contribution in [0.25, 0.3) is 0 Å². The summed E-state index contributed by atoms with van der Waals surface area (Å²) in [6.45, 7) is 0. The van der Waals surface area contributed by atoms with Crippen molar-refractivity contribution >= 4 is 23.3 Å². The number of nitrogens with zero attached hydrogens (tertiary/aromatic N) is 1. The maximum Gasteiger partial charge on any atom is 0.327 e. The van der Waals surface area contributed by atoms with Crippen LogP contribution >= 0.6 is 0 Å². The first-order valence-corrected chi connectivity index (χ1v) is 5.84. The van der Waals surface area contributed by atoms with Crippen LogP contribution in [0.2, 0.25) is 0 Å². The average molecular weight is 291 g/mol. The minimum absolute atomic E-state index is 0.0182. The third-order valence-corrected chi connectivity index (χ3v) is 2.63. The molecule has 1 unspecified atom stereocenters. The summed E-state index contributed by atoms with van der Waals surface area (Å²) in [4.78, 5) is 32.8. The molecule has 0 spiro atoms. The molecule has 0 aliphatic rings. The van der Waals surface area contributed by atoms with Crippen LogP contribution in [0, 0.1) is 22.5 Å². The first-order chi connectivity index (χ1) is 9.90. The van der Waals surface area contributed by atoms with Gasteiger partial charge in [-0.25, -0.2) is 4.79 Å². The van der Waals surface area contributed by atoms with E-state index in [4.69, 9.17) is 11.5 Å². The molecule has 0 aliphatic heterocycles. The first kappa shape index (κ1) is 16.0. The number of nitro benzene ring substituents is 1. The highest BCUT2D eigenvalue weighted by Gasteiger charge is 2.22. The van der Waals surface area contributed by atoms with Crippen molar-refractivity contribution in [2.24, 2.45) is 0 Å². The van der Waals surface area contributed by atoms with Crippen LogP contribution in [0.4, 0.5) is 11.4 Å². The van der Waals surface area contributed by atoms with Crippen molar-refractivity contribution in [3.63, 3.8) is 0 Å². The molecular formula is C13H13N3O5. The summed E-state index contributed by atoms with van der Waals surface area (Å²) in [7, 11) is 1.40. The van der Waals surface area contributed by atoms with Crippen molar-refractivity contribution in [1.82, 2.24) is 5.32 Å². The molecule has 0 heterocycles. The summed E-state index contributed by atoms with van der Waals surface area (Å²) in [5.74, 6) is 0.472. The van der Waals surface area contributed by atoms with Gasteiger partial charge in [-0.3, -0.25) is 14.9 Å². The number of terminal acetylenes is 1. The molecule has 1 atom stereocenters. The summed E-state index contributed by atoms with van der Waals surface area (Å²) in [5.41, 5.74) is -0.326. The van der Waals surface area contributed by atoms with Gasteiger partial charge in [0.1, 0.15) is 11.7 Å². The molecule has 110 valence electrons. The van der Waals surface area contributed by atoms with Crippen molar-refractivity contribution in [2.75, 3.05) is 12.4 Å². The van der Waals surface area contributed by atoms with Gasteiger partial charge >= 0.3 is 5.97 Å². The zero-order chi connectivity index (χ0) is 16.0. The van der Waals surface area contributed by atoms with Crippen molar-refractivity contribution in [2.45, 2.75) is 12.5 Å². The Balaban J connectivity index is 3.18. The van der Waals surface area contributed by atoms with Crippen LogP contribution < -0.4 is 10.6 Å². The number of anilines is 1. The number of benzene rings is 1. The zero-order valence-corrected chi connectivity index (χ0v) is 11.1. The van der Waals surface area contributed by atoms with E-state index in [1.54, 1.807) is 0 Å². The Hall–Kier alpha value is -3.08. The Morgan fingerprint density at radius 2 is 2.19 bits per heavy atom. The topological polar surface area (TPSA) is 122 Å². The van der Waals surface area contributed by atoms with Crippen molar-refractivity contribution in [3.05, 3.63) is 33.9 Å². The van der Waals surface area contributed by atoms with E-state index in [1.807, 2.05) is 0 Å². The number of rotatable bonds is 6. The molecular weight excluding hydrogens is 278 g/mol. The number of carbonyl (C=O) groups is 2. The van der Waals surface area contributed by atoms with Crippen LogP contribution in [-0.4, -0.2) is 35.0 Å². The number of carbonyl (C=O) groups excluding carboxylic acids is 1. The minimum atomic E-state index is -1.22. The number of hydrogen-bond donors (Lipinski definition) is 3. The van der Waals surface area contributed by atoms with Gasteiger partial charge in [0.2, 0.25) is 0 Å². The molecule has 0 bridgehead atoms. The summed E-state index contributed by atoms with van der Waals surface area (Å²) in [6, 6.07) is 2.54. The number of amides is 1. The van der Waals surface area contributed by atoms with Crippen LogP contribution in [0.1, 0.15) is 16.8 Å². The largest absolute Gasteiger partial charge is 0.480 e. The van der Waals surface area contributed by atoms with Gasteiger partial charge in [-0.15, -0.1) is 12.3 Å². The van der Waals surface area contributed by atoms with Gasteiger partial charge in [0, 0.05) is 25.1 Å². The maximum atomic E-state index is 11.5. The molecule has 3 N–H and O–H groups in total. The Labute approximate surface area is 120 Å². The molecule has 0 saturated heterocycles. The number of nitro groups is 1. The minimum Gasteiger partial charge on any atom is -0.480 e. The molecule has 1 amide bonds. The van der Waals surface area contributed by atoms with Crippen molar-refractivity contribution < 1.29 is 19.6 Å². The molecule has 8 nitrogen and oxygen atoms in total. The number of hydrogen-bond acceptors (Lipinski definition) is 5. The predicted octanol–water partition coefficient (Wildman–Crippen LogP) is 0.843. The lowest BCUT2D eigenvalue weighted by molar-refractivity contribution is -0.384. The average Bonchev–Trinajstić information content (AvgIpc) is 2.45. The van der Waals surface area contributed by atoms with Gasteiger partial charge in [0.25, 0.3) is 11.6 Å². The van der Waals surface area contributed by atoms with E-state index in [2.05, 4.69) is 16.6 Å². The van der Waals surface area contributed by atoms with Gasteiger partial charge < -0.3 is 15.7 Å². The van der Waals surface area contributed by atoms with E-state index in [0.29, 0.717) is 0 Å². The third-order valence-electron chi connectivity index (χ3n) is 2.63. The lowest BCUT2D eigenvalue weighted by atomic mass is 10.1. The van der Waals surface area contributed by atoms with E-state index in [9.17, 15) is 19.7 Å². The van der Waals surface area contributed by atoms with E-state index < -0.39 is 28.5 Å². The van der Waals surface area contributed by atoms with Gasteiger partial charge in [-0.1, -0.05) is 0 Å². The standard InChI is InChI=1S/C13H13N3O5/c1-3-4-10(13(18)19)15-9-6-5-8(12(17)14-2)7-11(9)16(20)21/h1,5-7,10,15H,4H2,2H3,(H,14,17)(H,18,19). The molecule has 8 heteroatoms. The van der Waals surface area contributed by atoms with Crippen LogP contribution in [0.5, 0.6) is 0 Å². The Morgan fingerprint density at radius 1 is 1.52 bits per heavy atom. The maximum absolute atomic E-state index is 11.5. The van der Waals surface area contributed by atoms with E-state index in [0.717, 1.165) is 6.07 Å². The molecule has 1 aromatic carbocycles. The predicted molar refractivity (Wildman–Crippen MR) is 75.0 cm³/mol. The van der Waals surface area contributed by atoms with Crippen LogP contribution in [-0.2, 0) is 4.79 Å². The lowest BCUT2D eigenvalue weighted by Crippen LogP contribution is -2.29.